The van der Waals surface area contributed by atoms with Gasteiger partial charge in [0.15, 0.2) is 11.6 Å². The van der Waals surface area contributed by atoms with E-state index in [1.807, 2.05) is 23.3 Å². The van der Waals surface area contributed by atoms with E-state index in [9.17, 15) is 8.78 Å². The number of nitrogens with zero attached hydrogens (tertiary/aromatic N) is 2. The molecular weight excluding hydrogens is 302 g/mol. The van der Waals surface area contributed by atoms with Gasteiger partial charge in [-0.15, -0.1) is 11.6 Å². The van der Waals surface area contributed by atoms with E-state index in [0.29, 0.717) is 11.3 Å². The molecule has 2 aromatic rings. The Morgan fingerprint density at radius 3 is 2.70 bits per heavy atom. The van der Waals surface area contributed by atoms with Gasteiger partial charge in [-0.25, -0.2) is 13.8 Å². The van der Waals surface area contributed by atoms with Gasteiger partial charge in [-0.05, 0) is 43.4 Å². The molecule has 6 heteroatoms. The summed E-state index contributed by atoms with van der Waals surface area (Å²) >= 11 is 8.07. The lowest BCUT2D eigenvalue weighted by Gasteiger charge is -2.26. The van der Waals surface area contributed by atoms with Crippen molar-refractivity contribution in [2.24, 2.45) is 0 Å². The van der Waals surface area contributed by atoms with Gasteiger partial charge in [0.25, 0.3) is 0 Å². The van der Waals surface area contributed by atoms with Crippen molar-refractivity contribution in [2.45, 2.75) is 31.2 Å². The standard InChI is InChI=1S/C14H15ClF2N2S/c1-8(15)14-18-11-3-2-10(16)12(17)13(11)19(14)9-4-6-20-7-5-9/h2-3,8-9H,4-7H2,1H3. The van der Waals surface area contributed by atoms with Crippen molar-refractivity contribution in [3.8, 4) is 0 Å². The Morgan fingerprint density at radius 1 is 1.35 bits per heavy atom. The number of thioether (sulfide) groups is 1. The molecule has 20 heavy (non-hydrogen) atoms. The highest BCUT2D eigenvalue weighted by molar-refractivity contribution is 7.99. The molecule has 3 rings (SSSR count). The zero-order chi connectivity index (χ0) is 14.3. The highest BCUT2D eigenvalue weighted by Crippen LogP contribution is 2.35. The highest BCUT2D eigenvalue weighted by atomic mass is 35.5. The first-order chi connectivity index (χ1) is 9.59. The van der Waals surface area contributed by atoms with Crippen molar-refractivity contribution in [3.63, 3.8) is 0 Å². The van der Waals surface area contributed by atoms with E-state index in [0.717, 1.165) is 30.4 Å². The van der Waals surface area contributed by atoms with Crippen molar-refractivity contribution in [3.05, 3.63) is 29.6 Å². The van der Waals surface area contributed by atoms with Crippen molar-refractivity contribution < 1.29 is 8.78 Å². The summed E-state index contributed by atoms with van der Waals surface area (Å²) in [7, 11) is 0. The van der Waals surface area contributed by atoms with Crippen LogP contribution >= 0.6 is 23.4 Å². The van der Waals surface area contributed by atoms with Crippen molar-refractivity contribution >= 4 is 34.4 Å². The zero-order valence-electron chi connectivity index (χ0n) is 11.1. The monoisotopic (exact) mass is 316 g/mol. The van der Waals surface area contributed by atoms with Crippen LogP contribution in [0.5, 0.6) is 0 Å². The van der Waals surface area contributed by atoms with E-state index >= 15 is 0 Å². The Labute approximate surface area is 125 Å². The Hall–Kier alpha value is -0.810. The number of hydrogen-bond acceptors (Lipinski definition) is 2. The molecular formula is C14H15ClF2N2S. The van der Waals surface area contributed by atoms with Gasteiger partial charge in [0.1, 0.15) is 11.3 Å². The van der Waals surface area contributed by atoms with E-state index < -0.39 is 11.6 Å². The van der Waals surface area contributed by atoms with Gasteiger partial charge in [-0.1, -0.05) is 0 Å². The normalized spacial score (nSPS) is 18.6. The molecule has 1 aliphatic rings. The second-order valence-corrected chi connectivity index (χ2v) is 6.91. The summed E-state index contributed by atoms with van der Waals surface area (Å²) in [4.78, 5) is 4.41. The summed E-state index contributed by atoms with van der Waals surface area (Å²) in [6, 6.07) is 2.78. The second-order valence-electron chi connectivity index (χ2n) is 5.03. The van der Waals surface area contributed by atoms with Gasteiger partial charge in [-0.2, -0.15) is 11.8 Å². The highest BCUT2D eigenvalue weighted by Gasteiger charge is 2.26. The molecule has 0 aliphatic carbocycles. The van der Waals surface area contributed by atoms with Gasteiger partial charge >= 0.3 is 0 Å². The topological polar surface area (TPSA) is 17.8 Å². The van der Waals surface area contributed by atoms with Crippen molar-refractivity contribution in [1.82, 2.24) is 9.55 Å². The minimum absolute atomic E-state index is 0.147. The Balaban J connectivity index is 2.24. The molecule has 1 unspecified atom stereocenters. The maximum Gasteiger partial charge on any atom is 0.184 e. The molecule has 1 fully saturated rings. The number of aromatic nitrogens is 2. The predicted octanol–water partition coefficient (Wildman–Crippen LogP) is 4.68. The maximum atomic E-state index is 14.2. The molecule has 2 heterocycles. The van der Waals surface area contributed by atoms with Crippen LogP contribution in [0.15, 0.2) is 12.1 Å². The molecule has 1 atom stereocenters. The van der Waals surface area contributed by atoms with Crippen molar-refractivity contribution in [1.29, 1.82) is 0 Å². The third-order valence-electron chi connectivity index (χ3n) is 3.68. The van der Waals surface area contributed by atoms with E-state index in [2.05, 4.69) is 4.98 Å². The Kier molecular flexibility index (Phi) is 3.91. The third kappa shape index (κ3) is 2.31. The quantitative estimate of drug-likeness (QED) is 0.748. The Morgan fingerprint density at radius 2 is 2.05 bits per heavy atom. The van der Waals surface area contributed by atoms with Gasteiger partial charge in [-0.3, -0.25) is 0 Å². The van der Waals surface area contributed by atoms with Gasteiger partial charge in [0, 0.05) is 6.04 Å². The summed E-state index contributed by atoms with van der Waals surface area (Å²) in [6.45, 7) is 1.81. The maximum absolute atomic E-state index is 14.2. The molecule has 0 spiro atoms. The summed E-state index contributed by atoms with van der Waals surface area (Å²) < 4.78 is 29.6. The van der Waals surface area contributed by atoms with Crippen LogP contribution < -0.4 is 0 Å². The van der Waals surface area contributed by atoms with Crippen LogP contribution in [0.25, 0.3) is 11.0 Å². The number of rotatable bonds is 2. The molecule has 108 valence electrons. The predicted molar refractivity (Wildman–Crippen MR) is 79.5 cm³/mol. The fourth-order valence-corrected chi connectivity index (χ4v) is 3.97. The first-order valence-electron chi connectivity index (χ1n) is 6.67. The molecule has 0 saturated carbocycles. The first-order valence-corrected chi connectivity index (χ1v) is 8.26. The number of fused-ring (bicyclic) bond motifs is 1. The van der Waals surface area contributed by atoms with Crippen LogP contribution in [-0.4, -0.2) is 21.1 Å². The average molecular weight is 317 g/mol. The summed E-state index contributed by atoms with van der Waals surface area (Å²) in [6.07, 6.45) is 1.87. The number of hydrogen-bond donors (Lipinski definition) is 0. The van der Waals surface area contributed by atoms with Crippen LogP contribution in [0, 0.1) is 11.6 Å². The van der Waals surface area contributed by atoms with Crippen LogP contribution in [0.1, 0.15) is 37.0 Å². The third-order valence-corrected chi connectivity index (χ3v) is 4.93. The van der Waals surface area contributed by atoms with E-state index in [-0.39, 0.29) is 16.9 Å². The van der Waals surface area contributed by atoms with Crippen LogP contribution in [-0.2, 0) is 0 Å². The lowest BCUT2D eigenvalue weighted by atomic mass is 10.1. The Bertz CT molecular complexity index is 636. The molecule has 0 radical (unpaired) electrons. The molecule has 1 aromatic heterocycles. The molecule has 0 bridgehead atoms. The molecule has 1 saturated heterocycles. The van der Waals surface area contributed by atoms with Gasteiger partial charge in [0.05, 0.1) is 10.9 Å². The fraction of sp³-hybridized carbons (Fsp3) is 0.500. The van der Waals surface area contributed by atoms with Gasteiger partial charge in [0.2, 0.25) is 0 Å². The molecule has 0 amide bonds. The number of halogens is 3. The van der Waals surface area contributed by atoms with Crippen LogP contribution in [0.2, 0.25) is 0 Å². The first kappa shape index (κ1) is 14.1. The summed E-state index contributed by atoms with van der Waals surface area (Å²) in [5.41, 5.74) is 0.731. The van der Waals surface area contributed by atoms with E-state index in [1.165, 1.54) is 6.07 Å². The smallest absolute Gasteiger partial charge is 0.184 e. The SMILES string of the molecule is CC(Cl)c1nc2ccc(F)c(F)c2n1C1CCSCC1. The molecule has 1 aliphatic heterocycles. The summed E-state index contributed by atoms with van der Waals surface area (Å²) in [5.74, 6) is 1.02. The minimum atomic E-state index is -0.836. The molecule has 2 nitrogen and oxygen atoms in total. The van der Waals surface area contributed by atoms with Crippen LogP contribution in [0.3, 0.4) is 0 Å². The fourth-order valence-electron chi connectivity index (χ4n) is 2.73. The van der Waals surface area contributed by atoms with Crippen molar-refractivity contribution in [2.75, 3.05) is 11.5 Å². The lowest BCUT2D eigenvalue weighted by Crippen LogP contribution is -2.18. The summed E-state index contributed by atoms with van der Waals surface area (Å²) in [5, 5.41) is -0.334. The molecule has 1 aromatic carbocycles. The van der Waals surface area contributed by atoms with Crippen LogP contribution in [0.4, 0.5) is 8.78 Å². The number of alkyl halides is 1. The zero-order valence-corrected chi connectivity index (χ0v) is 12.6. The minimum Gasteiger partial charge on any atom is -0.321 e. The average Bonchev–Trinajstić information content (AvgIpc) is 2.84. The van der Waals surface area contributed by atoms with Gasteiger partial charge < -0.3 is 4.57 Å². The second kappa shape index (κ2) is 5.53. The lowest BCUT2D eigenvalue weighted by molar-refractivity contribution is 0.452. The van der Waals surface area contributed by atoms with E-state index in [1.54, 1.807) is 0 Å². The largest absolute Gasteiger partial charge is 0.321 e. The number of benzene rings is 1. The number of imidazole rings is 1. The van der Waals surface area contributed by atoms with E-state index in [4.69, 9.17) is 11.6 Å². The molecule has 0 N–H and O–H groups in total.